The third-order valence-electron chi connectivity index (χ3n) is 4.31. The molecule has 1 aromatic heterocycles. The molecule has 120 valence electrons. The Labute approximate surface area is 127 Å². The van der Waals surface area contributed by atoms with Gasteiger partial charge in [0.1, 0.15) is 4.90 Å². The number of likely N-dealkylation sites (N-methyl/N-ethyl adjacent to an activating group) is 1. The Morgan fingerprint density at radius 3 is 2.81 bits per heavy atom. The van der Waals surface area contributed by atoms with Crippen LogP contribution in [0.2, 0.25) is 0 Å². The molecule has 0 amide bonds. The van der Waals surface area contributed by atoms with Crippen LogP contribution in [0, 0.1) is 11.8 Å². The Morgan fingerprint density at radius 1 is 1.38 bits per heavy atom. The quantitative estimate of drug-likeness (QED) is 0.800. The van der Waals surface area contributed by atoms with Crippen LogP contribution in [0.1, 0.15) is 27.2 Å². The number of aromatic nitrogens is 2. The zero-order valence-corrected chi connectivity index (χ0v) is 13.9. The Hall–Kier alpha value is -0.920. The maximum Gasteiger partial charge on any atom is 0.246 e. The maximum absolute atomic E-state index is 12.6. The second-order valence-electron chi connectivity index (χ2n) is 5.90. The van der Waals surface area contributed by atoms with Crippen molar-refractivity contribution in [3.63, 3.8) is 0 Å². The van der Waals surface area contributed by atoms with E-state index < -0.39 is 10.0 Å². The summed E-state index contributed by atoms with van der Waals surface area (Å²) in [6.07, 6.45) is 4.02. The van der Waals surface area contributed by atoms with E-state index >= 15 is 0 Å². The van der Waals surface area contributed by atoms with Gasteiger partial charge in [-0.2, -0.15) is 9.40 Å². The number of hydrogen-bond acceptors (Lipinski definition) is 4. The molecule has 0 spiro atoms. The van der Waals surface area contributed by atoms with E-state index in [1.54, 1.807) is 15.2 Å². The van der Waals surface area contributed by atoms with Gasteiger partial charge in [0.15, 0.2) is 0 Å². The van der Waals surface area contributed by atoms with E-state index in [4.69, 9.17) is 0 Å². The second kappa shape index (κ2) is 6.89. The molecule has 0 bridgehead atoms. The topological polar surface area (TPSA) is 67.2 Å². The lowest BCUT2D eigenvalue weighted by molar-refractivity contribution is 0.212. The Morgan fingerprint density at radius 2 is 2.14 bits per heavy atom. The minimum Gasteiger partial charge on any atom is -0.315 e. The molecule has 2 atom stereocenters. The van der Waals surface area contributed by atoms with Crippen LogP contribution < -0.4 is 5.32 Å². The molecule has 1 N–H and O–H groups in total. The minimum atomic E-state index is -3.40. The van der Waals surface area contributed by atoms with Crippen molar-refractivity contribution in [3.8, 4) is 0 Å². The summed E-state index contributed by atoms with van der Waals surface area (Å²) in [6.45, 7) is 9.92. The molecule has 0 aromatic carbocycles. The van der Waals surface area contributed by atoms with Crippen molar-refractivity contribution in [2.45, 2.75) is 38.6 Å². The summed E-state index contributed by atoms with van der Waals surface area (Å²) < 4.78 is 28.6. The van der Waals surface area contributed by atoms with Crippen molar-refractivity contribution in [2.24, 2.45) is 11.8 Å². The molecule has 0 aliphatic carbocycles. The first kappa shape index (κ1) is 16.5. The van der Waals surface area contributed by atoms with Crippen LogP contribution >= 0.6 is 0 Å². The highest BCUT2D eigenvalue weighted by Gasteiger charge is 2.32. The van der Waals surface area contributed by atoms with E-state index in [1.165, 1.54) is 6.20 Å². The molecule has 1 aliphatic heterocycles. The van der Waals surface area contributed by atoms with Crippen LogP contribution in [0.25, 0.3) is 0 Å². The average molecular weight is 314 g/mol. The fraction of sp³-hybridized carbons (Fsp3) is 0.786. The number of piperidine rings is 1. The van der Waals surface area contributed by atoms with Gasteiger partial charge in [0, 0.05) is 25.8 Å². The molecule has 1 saturated heterocycles. The molecular formula is C14H26N4O2S. The third kappa shape index (κ3) is 3.84. The van der Waals surface area contributed by atoms with Crippen molar-refractivity contribution < 1.29 is 8.42 Å². The lowest BCUT2D eigenvalue weighted by Crippen LogP contribution is -2.42. The predicted octanol–water partition coefficient (Wildman–Crippen LogP) is 1.16. The fourth-order valence-corrected chi connectivity index (χ4v) is 4.07. The van der Waals surface area contributed by atoms with Crippen molar-refractivity contribution in [1.29, 1.82) is 0 Å². The van der Waals surface area contributed by atoms with Crippen LogP contribution in [-0.2, 0) is 16.6 Å². The van der Waals surface area contributed by atoms with Crippen molar-refractivity contribution in [1.82, 2.24) is 19.4 Å². The molecule has 0 radical (unpaired) electrons. The van der Waals surface area contributed by atoms with Crippen molar-refractivity contribution in [2.75, 3.05) is 26.2 Å². The molecule has 21 heavy (non-hydrogen) atoms. The third-order valence-corrected chi connectivity index (χ3v) is 6.13. The highest BCUT2D eigenvalue weighted by atomic mass is 32.2. The van der Waals surface area contributed by atoms with Crippen LogP contribution in [0.3, 0.4) is 0 Å². The van der Waals surface area contributed by atoms with Crippen LogP contribution in [0.4, 0.5) is 0 Å². The molecule has 6 nitrogen and oxygen atoms in total. The molecule has 1 aliphatic rings. The summed E-state index contributed by atoms with van der Waals surface area (Å²) >= 11 is 0. The molecule has 1 fully saturated rings. The van der Waals surface area contributed by atoms with Gasteiger partial charge in [0.25, 0.3) is 0 Å². The van der Waals surface area contributed by atoms with Crippen LogP contribution in [0.5, 0.6) is 0 Å². The minimum absolute atomic E-state index is 0.306. The summed E-state index contributed by atoms with van der Waals surface area (Å²) in [4.78, 5) is 0.306. The molecule has 2 rings (SSSR count). The lowest BCUT2D eigenvalue weighted by Gasteiger charge is -2.34. The van der Waals surface area contributed by atoms with Gasteiger partial charge >= 0.3 is 0 Å². The number of nitrogens with zero attached hydrogens (tertiary/aromatic N) is 3. The molecule has 2 unspecified atom stereocenters. The number of nitrogens with one attached hydrogen (secondary N) is 1. The zero-order chi connectivity index (χ0) is 15.5. The highest BCUT2D eigenvalue weighted by Crippen LogP contribution is 2.27. The van der Waals surface area contributed by atoms with E-state index in [1.807, 2.05) is 6.92 Å². The SMILES string of the molecule is CCNCCn1cc(S(=O)(=O)N2CCC(C)C(C)C2)cn1. The highest BCUT2D eigenvalue weighted by molar-refractivity contribution is 7.89. The summed E-state index contributed by atoms with van der Waals surface area (Å²) in [5.74, 6) is 0.983. The number of sulfonamides is 1. The predicted molar refractivity (Wildman–Crippen MR) is 82.5 cm³/mol. The second-order valence-corrected chi connectivity index (χ2v) is 7.84. The zero-order valence-electron chi connectivity index (χ0n) is 13.1. The maximum atomic E-state index is 12.6. The normalized spacial score (nSPS) is 24.3. The van der Waals surface area contributed by atoms with E-state index in [9.17, 15) is 8.42 Å². The smallest absolute Gasteiger partial charge is 0.246 e. The van der Waals surface area contributed by atoms with Gasteiger partial charge < -0.3 is 5.32 Å². The van der Waals surface area contributed by atoms with Gasteiger partial charge in [-0.25, -0.2) is 8.42 Å². The largest absolute Gasteiger partial charge is 0.315 e. The number of rotatable bonds is 6. The van der Waals surface area contributed by atoms with E-state index in [0.717, 1.165) is 19.5 Å². The summed E-state index contributed by atoms with van der Waals surface area (Å²) in [6, 6.07) is 0. The first-order chi connectivity index (χ1) is 9.95. The first-order valence-electron chi connectivity index (χ1n) is 7.68. The average Bonchev–Trinajstić information content (AvgIpc) is 2.91. The van der Waals surface area contributed by atoms with Gasteiger partial charge in [-0.1, -0.05) is 20.8 Å². The Bertz CT molecular complexity index is 555. The summed E-state index contributed by atoms with van der Waals surface area (Å²) in [5, 5.41) is 7.35. The Balaban J connectivity index is 2.06. The standard InChI is InChI=1S/C14H26N4O2S/c1-4-15-6-8-17-11-14(9-16-17)21(19,20)18-7-5-12(2)13(3)10-18/h9,11-13,15H,4-8,10H2,1-3H3. The van der Waals surface area contributed by atoms with Gasteiger partial charge in [-0.15, -0.1) is 0 Å². The van der Waals surface area contributed by atoms with E-state index in [2.05, 4.69) is 24.3 Å². The molecule has 0 saturated carbocycles. The van der Waals surface area contributed by atoms with Crippen LogP contribution in [-0.4, -0.2) is 48.7 Å². The van der Waals surface area contributed by atoms with E-state index in [-0.39, 0.29) is 0 Å². The van der Waals surface area contributed by atoms with Crippen molar-refractivity contribution >= 4 is 10.0 Å². The monoisotopic (exact) mass is 314 g/mol. The van der Waals surface area contributed by atoms with Gasteiger partial charge in [-0.3, -0.25) is 4.68 Å². The molecule has 1 aromatic rings. The fourth-order valence-electron chi connectivity index (χ4n) is 2.56. The van der Waals surface area contributed by atoms with E-state index in [0.29, 0.717) is 36.4 Å². The lowest BCUT2D eigenvalue weighted by atomic mass is 9.90. The van der Waals surface area contributed by atoms with Crippen molar-refractivity contribution in [3.05, 3.63) is 12.4 Å². The number of hydrogen-bond donors (Lipinski definition) is 1. The summed E-state index contributed by atoms with van der Waals surface area (Å²) in [7, 11) is -3.40. The van der Waals surface area contributed by atoms with Crippen LogP contribution in [0.15, 0.2) is 17.3 Å². The first-order valence-corrected chi connectivity index (χ1v) is 9.12. The van der Waals surface area contributed by atoms with Gasteiger partial charge in [0.05, 0.1) is 12.7 Å². The Kier molecular flexibility index (Phi) is 5.40. The summed E-state index contributed by atoms with van der Waals surface area (Å²) in [5.41, 5.74) is 0. The molecule has 7 heteroatoms. The van der Waals surface area contributed by atoms with Gasteiger partial charge in [0.2, 0.25) is 10.0 Å². The molecule has 2 heterocycles. The van der Waals surface area contributed by atoms with Gasteiger partial charge in [-0.05, 0) is 24.8 Å². The molecular weight excluding hydrogens is 288 g/mol.